The molecular weight excluding hydrogens is 212 g/mol. The molecule has 1 unspecified atom stereocenters. The van der Waals surface area contributed by atoms with E-state index in [1.165, 1.54) is 6.42 Å². The van der Waals surface area contributed by atoms with Gasteiger partial charge in [-0.25, -0.2) is 0 Å². The fourth-order valence-electron chi connectivity index (χ4n) is 2.61. The number of carbonyl (C=O) groups excluding carboxylic acids is 1. The molecular formula is C14H28N2O. The van der Waals surface area contributed by atoms with Crippen LogP contribution >= 0.6 is 0 Å². The molecule has 2 N–H and O–H groups in total. The summed E-state index contributed by atoms with van der Waals surface area (Å²) in [5.41, 5.74) is 5.82. The minimum atomic E-state index is -0.677. The van der Waals surface area contributed by atoms with Gasteiger partial charge in [-0.3, -0.25) is 4.79 Å². The Bertz CT molecular complexity index is 271. The molecule has 0 saturated carbocycles. The van der Waals surface area contributed by atoms with Crippen LogP contribution in [0.3, 0.4) is 0 Å². The maximum absolute atomic E-state index is 12.4. The van der Waals surface area contributed by atoms with Gasteiger partial charge in [-0.15, -0.1) is 0 Å². The lowest BCUT2D eigenvalue weighted by atomic mass is 9.85. The van der Waals surface area contributed by atoms with Crippen molar-refractivity contribution in [2.24, 2.45) is 11.1 Å². The van der Waals surface area contributed by atoms with Crippen molar-refractivity contribution in [3.8, 4) is 0 Å². The molecule has 1 rings (SSSR count). The summed E-state index contributed by atoms with van der Waals surface area (Å²) in [6.45, 7) is 10.3. The quantitative estimate of drug-likeness (QED) is 0.824. The van der Waals surface area contributed by atoms with Crippen LogP contribution in [0.15, 0.2) is 0 Å². The first-order valence-corrected chi connectivity index (χ1v) is 6.87. The first-order valence-electron chi connectivity index (χ1n) is 6.87. The van der Waals surface area contributed by atoms with E-state index in [0.29, 0.717) is 5.41 Å². The average Bonchev–Trinajstić information content (AvgIpc) is 2.38. The fraction of sp³-hybridized carbons (Fsp3) is 0.929. The van der Waals surface area contributed by atoms with Gasteiger partial charge in [-0.05, 0) is 38.0 Å². The molecule has 0 bridgehead atoms. The smallest absolute Gasteiger partial charge is 0.242 e. The zero-order valence-electron chi connectivity index (χ0n) is 11.9. The lowest BCUT2D eigenvalue weighted by molar-refractivity contribution is -0.136. The summed E-state index contributed by atoms with van der Waals surface area (Å²) in [6.07, 6.45) is 5.11. The molecule has 0 aromatic carbocycles. The second-order valence-corrected chi connectivity index (χ2v) is 6.48. The van der Waals surface area contributed by atoms with Crippen LogP contribution in [0, 0.1) is 5.41 Å². The molecule has 1 amide bonds. The van der Waals surface area contributed by atoms with Gasteiger partial charge in [-0.2, -0.15) is 0 Å². The van der Waals surface area contributed by atoms with Gasteiger partial charge in [-0.1, -0.05) is 27.2 Å². The van der Waals surface area contributed by atoms with Crippen molar-refractivity contribution in [3.05, 3.63) is 0 Å². The summed E-state index contributed by atoms with van der Waals surface area (Å²) < 4.78 is 0. The van der Waals surface area contributed by atoms with Gasteiger partial charge in [0, 0.05) is 13.1 Å². The molecule has 3 heteroatoms. The van der Waals surface area contributed by atoms with Crippen LogP contribution in [-0.4, -0.2) is 29.4 Å². The number of hydrogen-bond donors (Lipinski definition) is 1. The summed E-state index contributed by atoms with van der Waals surface area (Å²) in [4.78, 5) is 14.4. The predicted molar refractivity (Wildman–Crippen MR) is 71.7 cm³/mol. The number of nitrogens with zero attached hydrogens (tertiary/aromatic N) is 1. The molecule has 0 spiro atoms. The van der Waals surface area contributed by atoms with Crippen LogP contribution in [-0.2, 0) is 4.79 Å². The van der Waals surface area contributed by atoms with Crippen molar-refractivity contribution in [1.82, 2.24) is 4.90 Å². The van der Waals surface area contributed by atoms with Crippen molar-refractivity contribution >= 4 is 5.91 Å². The molecule has 1 saturated heterocycles. The topological polar surface area (TPSA) is 46.3 Å². The zero-order chi connectivity index (χ0) is 13.1. The van der Waals surface area contributed by atoms with Crippen molar-refractivity contribution in [2.75, 3.05) is 13.1 Å². The highest BCUT2D eigenvalue weighted by Gasteiger charge is 2.33. The third-order valence-electron chi connectivity index (χ3n) is 3.89. The SMILES string of the molecule is CCCC(C)(N)C(=O)N1CCCC(C)(C)CC1. The molecule has 3 nitrogen and oxygen atoms in total. The Kier molecular flexibility index (Phi) is 4.59. The number of amides is 1. The monoisotopic (exact) mass is 240 g/mol. The third-order valence-corrected chi connectivity index (χ3v) is 3.89. The summed E-state index contributed by atoms with van der Waals surface area (Å²) in [5.74, 6) is 0.136. The van der Waals surface area contributed by atoms with Crippen LogP contribution < -0.4 is 5.73 Å². The molecule has 100 valence electrons. The molecule has 0 aliphatic carbocycles. The van der Waals surface area contributed by atoms with Crippen molar-refractivity contribution in [1.29, 1.82) is 0 Å². The first kappa shape index (κ1) is 14.5. The van der Waals surface area contributed by atoms with E-state index in [-0.39, 0.29) is 5.91 Å². The van der Waals surface area contributed by atoms with E-state index in [1.807, 2.05) is 11.8 Å². The van der Waals surface area contributed by atoms with Crippen LogP contribution in [0.5, 0.6) is 0 Å². The van der Waals surface area contributed by atoms with Gasteiger partial charge >= 0.3 is 0 Å². The Hall–Kier alpha value is -0.570. The number of rotatable bonds is 3. The van der Waals surface area contributed by atoms with E-state index < -0.39 is 5.54 Å². The first-order chi connectivity index (χ1) is 7.78. The lowest BCUT2D eigenvalue weighted by Crippen LogP contribution is -2.53. The Morgan fingerprint density at radius 2 is 2.00 bits per heavy atom. The molecule has 17 heavy (non-hydrogen) atoms. The van der Waals surface area contributed by atoms with Gasteiger partial charge in [0.1, 0.15) is 0 Å². The highest BCUT2D eigenvalue weighted by molar-refractivity contribution is 5.85. The van der Waals surface area contributed by atoms with Crippen molar-refractivity contribution in [2.45, 2.75) is 65.3 Å². The summed E-state index contributed by atoms with van der Waals surface area (Å²) in [6, 6.07) is 0. The molecule has 0 aromatic rings. The van der Waals surface area contributed by atoms with Gasteiger partial charge in [0.05, 0.1) is 5.54 Å². The van der Waals surface area contributed by atoms with E-state index in [1.54, 1.807) is 0 Å². The number of carbonyl (C=O) groups is 1. The molecule has 1 aliphatic rings. The van der Waals surface area contributed by atoms with Gasteiger partial charge in [0.15, 0.2) is 0 Å². The Morgan fingerprint density at radius 3 is 2.59 bits per heavy atom. The van der Waals surface area contributed by atoms with E-state index in [9.17, 15) is 4.79 Å². The maximum Gasteiger partial charge on any atom is 0.242 e. The summed E-state index contributed by atoms with van der Waals surface area (Å²) >= 11 is 0. The lowest BCUT2D eigenvalue weighted by Gasteiger charge is -2.31. The second kappa shape index (κ2) is 5.38. The third kappa shape index (κ3) is 3.98. The van der Waals surface area contributed by atoms with Gasteiger partial charge in [0.25, 0.3) is 0 Å². The van der Waals surface area contributed by atoms with Gasteiger partial charge in [0.2, 0.25) is 5.91 Å². The Labute approximate surface area is 106 Å². The zero-order valence-corrected chi connectivity index (χ0v) is 11.9. The fourth-order valence-corrected chi connectivity index (χ4v) is 2.61. The molecule has 1 heterocycles. The molecule has 1 fully saturated rings. The number of hydrogen-bond acceptors (Lipinski definition) is 2. The van der Waals surface area contributed by atoms with Crippen LogP contribution in [0.1, 0.15) is 59.8 Å². The summed E-state index contributed by atoms with van der Waals surface area (Å²) in [5, 5.41) is 0. The second-order valence-electron chi connectivity index (χ2n) is 6.48. The number of likely N-dealkylation sites (tertiary alicyclic amines) is 1. The Morgan fingerprint density at radius 1 is 1.35 bits per heavy atom. The molecule has 0 aromatic heterocycles. The average molecular weight is 240 g/mol. The van der Waals surface area contributed by atoms with Crippen LogP contribution in [0.4, 0.5) is 0 Å². The van der Waals surface area contributed by atoms with E-state index in [0.717, 1.165) is 38.8 Å². The predicted octanol–water partition coefficient (Wildman–Crippen LogP) is 2.54. The van der Waals surface area contributed by atoms with Crippen LogP contribution in [0.2, 0.25) is 0 Å². The minimum Gasteiger partial charge on any atom is -0.341 e. The van der Waals surface area contributed by atoms with Gasteiger partial charge < -0.3 is 10.6 Å². The highest BCUT2D eigenvalue weighted by Crippen LogP contribution is 2.30. The van der Waals surface area contributed by atoms with Crippen molar-refractivity contribution < 1.29 is 4.79 Å². The normalized spacial score (nSPS) is 23.9. The Balaban J connectivity index is 2.64. The van der Waals surface area contributed by atoms with E-state index in [2.05, 4.69) is 20.8 Å². The largest absolute Gasteiger partial charge is 0.341 e. The molecule has 1 aliphatic heterocycles. The van der Waals surface area contributed by atoms with Crippen LogP contribution in [0.25, 0.3) is 0 Å². The molecule has 1 atom stereocenters. The van der Waals surface area contributed by atoms with Crippen molar-refractivity contribution in [3.63, 3.8) is 0 Å². The standard InChI is InChI=1S/C14H28N2O/c1-5-7-14(4,15)12(17)16-10-6-8-13(2,3)9-11-16/h5-11,15H2,1-4H3. The van der Waals surface area contributed by atoms with E-state index >= 15 is 0 Å². The van der Waals surface area contributed by atoms with E-state index in [4.69, 9.17) is 5.73 Å². The summed E-state index contributed by atoms with van der Waals surface area (Å²) in [7, 11) is 0. The maximum atomic E-state index is 12.4. The number of nitrogens with two attached hydrogens (primary N) is 1. The molecule has 0 radical (unpaired) electrons. The highest BCUT2D eigenvalue weighted by atomic mass is 16.2. The minimum absolute atomic E-state index is 0.136.